The number of nitrogens with zero attached hydrogens (tertiary/aromatic N) is 4. The third-order valence-electron chi connectivity index (χ3n) is 8.12. The van der Waals surface area contributed by atoms with Crippen LogP contribution < -0.4 is 15.4 Å². The van der Waals surface area contributed by atoms with Gasteiger partial charge in [-0.15, -0.1) is 0 Å². The molecule has 2 aromatic heterocycles. The van der Waals surface area contributed by atoms with Crippen molar-refractivity contribution in [3.8, 4) is 5.88 Å². The molecule has 1 aliphatic rings. The molecule has 4 rings (SSSR count). The van der Waals surface area contributed by atoms with Gasteiger partial charge in [0, 0.05) is 18.7 Å². The number of rotatable bonds is 11. The fourth-order valence-electron chi connectivity index (χ4n) is 5.60. The van der Waals surface area contributed by atoms with Gasteiger partial charge in [0.15, 0.2) is 0 Å². The minimum absolute atomic E-state index is 0.00211. The maximum absolute atomic E-state index is 13.7. The first-order chi connectivity index (χ1) is 22.9. The highest BCUT2D eigenvalue weighted by Gasteiger charge is 2.47. The van der Waals surface area contributed by atoms with Gasteiger partial charge >= 0.3 is 18.4 Å². The number of pyridine rings is 1. The van der Waals surface area contributed by atoms with Crippen LogP contribution >= 0.6 is 0 Å². The van der Waals surface area contributed by atoms with Gasteiger partial charge in [0.1, 0.15) is 11.5 Å². The zero-order valence-electron chi connectivity index (χ0n) is 27.0. The van der Waals surface area contributed by atoms with E-state index in [-0.39, 0.29) is 72.7 Å². The van der Waals surface area contributed by atoms with Crippen LogP contribution in [-0.4, -0.2) is 61.7 Å². The predicted molar refractivity (Wildman–Crippen MR) is 164 cm³/mol. The lowest BCUT2D eigenvalue weighted by atomic mass is 9.83. The Morgan fingerprint density at radius 3 is 2.24 bits per heavy atom. The summed E-state index contributed by atoms with van der Waals surface area (Å²) in [4.78, 5) is 28.1. The Balaban J connectivity index is 1.89. The van der Waals surface area contributed by atoms with Crippen LogP contribution in [-0.2, 0) is 44.2 Å². The molecule has 0 fully saturated rings. The van der Waals surface area contributed by atoms with Gasteiger partial charge in [-0.25, -0.2) is 19.7 Å². The first-order valence-electron chi connectivity index (χ1n) is 15.1. The molecule has 3 heterocycles. The number of carbonyl (C=O) groups is 1. The zero-order valence-corrected chi connectivity index (χ0v) is 27.8. The van der Waals surface area contributed by atoms with Crippen molar-refractivity contribution in [1.29, 1.82) is 0 Å². The van der Waals surface area contributed by atoms with Gasteiger partial charge in [0.25, 0.3) is 10.1 Å². The fourth-order valence-corrected chi connectivity index (χ4v) is 6.26. The molecule has 11 nitrogen and oxygen atoms in total. The molecular weight excluding hydrogens is 684 g/mol. The Hall–Kier alpha value is -4.03. The Bertz CT molecular complexity index is 1760. The minimum atomic E-state index is -5.07. The average Bonchev–Trinajstić information content (AvgIpc) is 3.04. The summed E-state index contributed by atoms with van der Waals surface area (Å²) in [7, 11) is -1.50. The van der Waals surface area contributed by atoms with Crippen LogP contribution in [0, 0.1) is 0 Å². The number of hydrogen-bond donors (Lipinski definition) is 1. The number of carbonyl (C=O) groups excluding carboxylic acids is 1. The Labute approximate surface area is 278 Å². The zero-order chi connectivity index (χ0) is 36.4. The van der Waals surface area contributed by atoms with Crippen molar-refractivity contribution in [3.63, 3.8) is 0 Å². The Morgan fingerprint density at radius 1 is 1.04 bits per heavy atom. The molecule has 268 valence electrons. The quantitative estimate of drug-likeness (QED) is 0.186. The van der Waals surface area contributed by atoms with Crippen molar-refractivity contribution in [2.24, 2.45) is 5.73 Å². The second-order valence-electron chi connectivity index (χ2n) is 11.3. The highest BCUT2D eigenvalue weighted by molar-refractivity contribution is 7.86. The van der Waals surface area contributed by atoms with Crippen LogP contribution in [0.5, 0.6) is 5.88 Å². The van der Waals surface area contributed by atoms with Crippen LogP contribution in [0.25, 0.3) is 0 Å². The lowest BCUT2D eigenvalue weighted by Crippen LogP contribution is -2.61. The molecule has 1 amide bonds. The number of methoxy groups -OCH3 is 1. The molecule has 2 N–H and O–H groups in total. The summed E-state index contributed by atoms with van der Waals surface area (Å²) in [5.74, 6) is -0.995. The summed E-state index contributed by atoms with van der Waals surface area (Å²) >= 11 is 0. The van der Waals surface area contributed by atoms with Crippen LogP contribution in [0.15, 0.2) is 36.5 Å². The number of fused-ring (bicyclic) bond motifs is 1. The number of amides is 1. The maximum atomic E-state index is 13.7. The molecule has 0 saturated carbocycles. The normalized spacial score (nSPS) is 18.3. The number of anilines is 1. The highest BCUT2D eigenvalue weighted by atomic mass is 32.2. The van der Waals surface area contributed by atoms with Gasteiger partial charge in [0.05, 0.1) is 60.7 Å². The van der Waals surface area contributed by atoms with Gasteiger partial charge in [-0.05, 0) is 68.0 Å². The number of aryl methyl sites for hydroxylation is 1. The topological polar surface area (TPSA) is 147 Å². The number of nitrogens with two attached hydrogens (primary N) is 1. The minimum Gasteiger partial charge on any atom is -0.481 e. The largest absolute Gasteiger partial charge is 0.481 e. The van der Waals surface area contributed by atoms with Gasteiger partial charge in [-0.1, -0.05) is 6.92 Å². The molecule has 0 unspecified atom stereocenters. The number of alkyl halides is 6. The number of halogens is 6. The van der Waals surface area contributed by atoms with Crippen molar-refractivity contribution in [2.45, 2.75) is 69.9 Å². The lowest BCUT2D eigenvalue weighted by molar-refractivity contribution is -0.143. The van der Waals surface area contributed by atoms with E-state index < -0.39 is 63.4 Å². The van der Waals surface area contributed by atoms with Crippen molar-refractivity contribution < 1.29 is 53.2 Å². The van der Waals surface area contributed by atoms with Crippen molar-refractivity contribution in [1.82, 2.24) is 15.0 Å². The van der Waals surface area contributed by atoms with Crippen LogP contribution in [0.1, 0.15) is 78.5 Å². The molecular formula is C31H35F6N5O6S. The second-order valence-corrected chi connectivity index (χ2v) is 13.2. The number of benzene rings is 1. The SMILES string of the molecule is CCOC(=O)N1c2ccc(OC)nc2[C@@H](c2ncc(CCCS(=O)(=O)OC)c(Cc3cc(C(F)(F)F)cc(C(F)(F)F)c3)n2)C[C@@]1(N)CC. The third kappa shape index (κ3) is 8.59. The summed E-state index contributed by atoms with van der Waals surface area (Å²) in [6.45, 7) is 3.44. The van der Waals surface area contributed by atoms with E-state index >= 15 is 0 Å². The van der Waals surface area contributed by atoms with Crippen LogP contribution in [0.2, 0.25) is 0 Å². The summed E-state index contributed by atoms with van der Waals surface area (Å²) in [5.41, 5.74) is 3.02. The van der Waals surface area contributed by atoms with E-state index in [4.69, 9.17) is 15.2 Å². The van der Waals surface area contributed by atoms with E-state index in [1.54, 1.807) is 19.9 Å². The molecule has 0 saturated heterocycles. The van der Waals surface area contributed by atoms with Crippen LogP contribution in [0.3, 0.4) is 0 Å². The predicted octanol–water partition coefficient (Wildman–Crippen LogP) is 5.98. The van der Waals surface area contributed by atoms with Crippen LogP contribution in [0.4, 0.5) is 36.8 Å². The molecule has 0 bridgehead atoms. The molecule has 18 heteroatoms. The summed E-state index contributed by atoms with van der Waals surface area (Å²) in [5, 5.41) is 0. The smallest absolute Gasteiger partial charge is 0.416 e. The van der Waals surface area contributed by atoms with E-state index in [0.717, 1.165) is 7.11 Å². The first kappa shape index (κ1) is 37.8. The van der Waals surface area contributed by atoms with E-state index in [1.165, 1.54) is 24.3 Å². The lowest BCUT2D eigenvalue weighted by Gasteiger charge is -2.46. The molecule has 1 aromatic carbocycles. The summed E-state index contributed by atoms with van der Waals surface area (Å²) in [6, 6.07) is 4.33. The van der Waals surface area contributed by atoms with Crippen molar-refractivity contribution >= 4 is 21.9 Å². The van der Waals surface area contributed by atoms with E-state index in [0.29, 0.717) is 17.7 Å². The molecule has 0 spiro atoms. The monoisotopic (exact) mass is 719 g/mol. The second kappa shape index (κ2) is 14.4. The number of ether oxygens (including phenoxy) is 2. The van der Waals surface area contributed by atoms with Gasteiger partial charge in [0.2, 0.25) is 5.88 Å². The standard InChI is InChI=1S/C31H35F6N5O6S/c1-5-29(38)16-22(26-24(9-10-25(41-26)46-3)42(29)28(43)48-6-2)27-39-17-19(8-7-11-49(44,45)47-4)23(40-27)14-18-12-20(30(32,33)34)15-21(13-18)31(35,36)37/h9-10,12-13,15,17,22H,5-8,11,14,16,38H2,1-4H3/t22-,29+/m0/s1. The van der Waals surface area contributed by atoms with Crippen molar-refractivity contribution in [2.75, 3.05) is 31.5 Å². The molecule has 2 atom stereocenters. The van der Waals surface area contributed by atoms with Crippen molar-refractivity contribution in [3.05, 3.63) is 76.0 Å². The van der Waals surface area contributed by atoms with Gasteiger partial charge in [-0.2, -0.15) is 34.8 Å². The molecule has 1 aliphatic heterocycles. The summed E-state index contributed by atoms with van der Waals surface area (Å²) in [6.07, 6.45) is -9.79. The van der Waals surface area contributed by atoms with E-state index in [9.17, 15) is 39.6 Å². The van der Waals surface area contributed by atoms with Gasteiger partial charge < -0.3 is 15.2 Å². The van der Waals surface area contributed by atoms with E-state index in [1.807, 2.05) is 0 Å². The third-order valence-corrected chi connectivity index (χ3v) is 9.42. The molecule has 49 heavy (non-hydrogen) atoms. The molecule has 0 aliphatic carbocycles. The Morgan fingerprint density at radius 2 is 1.69 bits per heavy atom. The van der Waals surface area contributed by atoms with E-state index in [2.05, 4.69) is 19.1 Å². The molecule has 3 aromatic rings. The Kier molecular flexibility index (Phi) is 11.1. The molecule has 0 radical (unpaired) electrons. The summed E-state index contributed by atoms with van der Waals surface area (Å²) < 4.78 is 121. The first-order valence-corrected chi connectivity index (χ1v) is 16.7. The number of aromatic nitrogens is 3. The van der Waals surface area contributed by atoms with Gasteiger partial charge in [-0.3, -0.25) is 9.08 Å². The average molecular weight is 720 g/mol. The maximum Gasteiger partial charge on any atom is 0.416 e. The fraction of sp³-hybridized carbons (Fsp3) is 0.484. The number of hydrogen-bond acceptors (Lipinski definition) is 10. The highest BCUT2D eigenvalue weighted by Crippen LogP contribution is 2.45.